The summed E-state index contributed by atoms with van der Waals surface area (Å²) in [5.41, 5.74) is 4.07. The standard InChI is InChI=1S/C14H20N4S/c1-3-9-18-10-8-16-14(18)13(17-15)11-6-4-5-7-12(11)19-2/h4-8,10,13,17H,3,9,15H2,1-2H3. The molecule has 1 aromatic carbocycles. The Bertz CT molecular complexity index is 524. The molecule has 2 aromatic rings. The van der Waals surface area contributed by atoms with E-state index in [-0.39, 0.29) is 6.04 Å². The lowest BCUT2D eigenvalue weighted by Crippen LogP contribution is -2.31. The van der Waals surface area contributed by atoms with Gasteiger partial charge < -0.3 is 4.57 Å². The fourth-order valence-electron chi connectivity index (χ4n) is 2.22. The van der Waals surface area contributed by atoms with Crippen LogP contribution < -0.4 is 11.3 Å². The first kappa shape index (κ1) is 14.1. The van der Waals surface area contributed by atoms with Gasteiger partial charge in [0.2, 0.25) is 0 Å². The van der Waals surface area contributed by atoms with E-state index in [2.05, 4.69) is 40.3 Å². The lowest BCUT2D eigenvalue weighted by molar-refractivity contribution is 0.540. The van der Waals surface area contributed by atoms with E-state index < -0.39 is 0 Å². The smallest absolute Gasteiger partial charge is 0.131 e. The van der Waals surface area contributed by atoms with E-state index in [0.29, 0.717) is 0 Å². The SMILES string of the molecule is CCCn1ccnc1C(NN)c1ccccc1SC. The van der Waals surface area contributed by atoms with Gasteiger partial charge in [-0.05, 0) is 24.3 Å². The quantitative estimate of drug-likeness (QED) is 0.484. The number of thioether (sulfide) groups is 1. The van der Waals surface area contributed by atoms with Crippen LogP contribution in [0.5, 0.6) is 0 Å². The summed E-state index contributed by atoms with van der Waals surface area (Å²) in [7, 11) is 0. The van der Waals surface area contributed by atoms with Crippen LogP contribution in [0.3, 0.4) is 0 Å². The molecule has 5 heteroatoms. The lowest BCUT2D eigenvalue weighted by atomic mass is 10.1. The largest absolute Gasteiger partial charge is 0.333 e. The van der Waals surface area contributed by atoms with Crippen LogP contribution in [0.15, 0.2) is 41.6 Å². The van der Waals surface area contributed by atoms with Gasteiger partial charge in [-0.3, -0.25) is 5.84 Å². The third-order valence-electron chi connectivity index (χ3n) is 3.09. The predicted molar refractivity (Wildman–Crippen MR) is 79.9 cm³/mol. The number of nitrogens with two attached hydrogens (primary N) is 1. The number of hydrazine groups is 1. The Balaban J connectivity index is 2.41. The summed E-state index contributed by atoms with van der Waals surface area (Å²) in [6.45, 7) is 3.11. The summed E-state index contributed by atoms with van der Waals surface area (Å²) in [6, 6.07) is 8.21. The average molecular weight is 276 g/mol. The van der Waals surface area contributed by atoms with E-state index in [4.69, 9.17) is 5.84 Å². The van der Waals surface area contributed by atoms with Gasteiger partial charge in [-0.25, -0.2) is 10.4 Å². The number of hydrogen-bond acceptors (Lipinski definition) is 4. The Morgan fingerprint density at radius 3 is 2.89 bits per heavy atom. The topological polar surface area (TPSA) is 55.9 Å². The van der Waals surface area contributed by atoms with Crippen molar-refractivity contribution >= 4 is 11.8 Å². The Morgan fingerprint density at radius 2 is 2.21 bits per heavy atom. The molecule has 0 bridgehead atoms. The highest BCUT2D eigenvalue weighted by molar-refractivity contribution is 7.98. The van der Waals surface area contributed by atoms with E-state index in [1.165, 1.54) is 10.5 Å². The van der Waals surface area contributed by atoms with Crippen molar-refractivity contribution in [2.24, 2.45) is 5.84 Å². The highest BCUT2D eigenvalue weighted by Gasteiger charge is 2.19. The summed E-state index contributed by atoms with van der Waals surface area (Å²) in [6.07, 6.45) is 6.98. The molecule has 1 aromatic heterocycles. The first-order chi connectivity index (χ1) is 9.31. The zero-order chi connectivity index (χ0) is 13.7. The summed E-state index contributed by atoms with van der Waals surface area (Å²) in [4.78, 5) is 5.69. The molecule has 0 aliphatic carbocycles. The van der Waals surface area contributed by atoms with Crippen LogP contribution in [-0.4, -0.2) is 15.8 Å². The molecule has 0 spiro atoms. The van der Waals surface area contributed by atoms with Crippen molar-refractivity contribution in [3.63, 3.8) is 0 Å². The molecule has 3 N–H and O–H groups in total. The zero-order valence-electron chi connectivity index (χ0n) is 11.3. The monoisotopic (exact) mass is 276 g/mol. The summed E-state index contributed by atoms with van der Waals surface area (Å²) in [5, 5.41) is 0. The van der Waals surface area contributed by atoms with Gasteiger partial charge >= 0.3 is 0 Å². The van der Waals surface area contributed by atoms with Crippen LogP contribution in [0.4, 0.5) is 0 Å². The molecule has 19 heavy (non-hydrogen) atoms. The Kier molecular flexibility index (Phi) is 5.01. The minimum Gasteiger partial charge on any atom is -0.333 e. The molecule has 0 saturated carbocycles. The van der Waals surface area contributed by atoms with E-state index >= 15 is 0 Å². The number of benzene rings is 1. The first-order valence-corrected chi connectivity index (χ1v) is 7.64. The summed E-state index contributed by atoms with van der Waals surface area (Å²) < 4.78 is 2.15. The van der Waals surface area contributed by atoms with Crippen molar-refractivity contribution in [3.05, 3.63) is 48.0 Å². The zero-order valence-corrected chi connectivity index (χ0v) is 12.2. The number of aromatic nitrogens is 2. The van der Waals surface area contributed by atoms with Crippen LogP contribution in [0.25, 0.3) is 0 Å². The highest BCUT2D eigenvalue weighted by Crippen LogP contribution is 2.29. The maximum absolute atomic E-state index is 5.77. The van der Waals surface area contributed by atoms with Crippen molar-refractivity contribution in [3.8, 4) is 0 Å². The van der Waals surface area contributed by atoms with Crippen LogP contribution in [-0.2, 0) is 6.54 Å². The number of rotatable bonds is 6. The summed E-state index contributed by atoms with van der Waals surface area (Å²) in [5.74, 6) is 6.74. The number of aryl methyl sites for hydroxylation is 1. The normalized spacial score (nSPS) is 12.6. The second-order valence-corrected chi connectivity index (χ2v) is 5.17. The molecular weight excluding hydrogens is 256 g/mol. The maximum Gasteiger partial charge on any atom is 0.131 e. The number of imidazole rings is 1. The summed E-state index contributed by atoms with van der Waals surface area (Å²) >= 11 is 1.72. The van der Waals surface area contributed by atoms with Crippen molar-refractivity contribution in [2.45, 2.75) is 30.8 Å². The fourth-order valence-corrected chi connectivity index (χ4v) is 2.86. The molecule has 0 amide bonds. The number of hydrogen-bond donors (Lipinski definition) is 2. The van der Waals surface area contributed by atoms with Gasteiger partial charge in [0.25, 0.3) is 0 Å². The predicted octanol–water partition coefficient (Wildman–Crippen LogP) is 2.57. The van der Waals surface area contributed by atoms with Crippen molar-refractivity contribution < 1.29 is 0 Å². The van der Waals surface area contributed by atoms with Gasteiger partial charge in [0.05, 0.1) is 0 Å². The molecule has 1 atom stereocenters. The molecule has 102 valence electrons. The Morgan fingerprint density at radius 1 is 1.42 bits per heavy atom. The van der Waals surface area contributed by atoms with Gasteiger partial charge in [-0.2, -0.15) is 0 Å². The number of nitrogens with one attached hydrogen (secondary N) is 1. The van der Waals surface area contributed by atoms with E-state index in [9.17, 15) is 0 Å². The third kappa shape index (κ3) is 3.00. The number of nitrogens with zero attached hydrogens (tertiary/aromatic N) is 2. The Hall–Kier alpha value is -1.30. The van der Waals surface area contributed by atoms with Gasteiger partial charge in [0.15, 0.2) is 0 Å². The van der Waals surface area contributed by atoms with E-state index in [1.807, 2.05) is 24.5 Å². The molecular formula is C14H20N4S. The highest BCUT2D eigenvalue weighted by atomic mass is 32.2. The van der Waals surface area contributed by atoms with E-state index in [0.717, 1.165) is 18.8 Å². The van der Waals surface area contributed by atoms with Crippen LogP contribution in [0.2, 0.25) is 0 Å². The molecule has 1 unspecified atom stereocenters. The van der Waals surface area contributed by atoms with Crippen LogP contribution >= 0.6 is 11.8 Å². The molecule has 0 saturated heterocycles. The van der Waals surface area contributed by atoms with Gasteiger partial charge in [0, 0.05) is 23.8 Å². The fraction of sp³-hybridized carbons (Fsp3) is 0.357. The molecule has 0 radical (unpaired) electrons. The average Bonchev–Trinajstić information content (AvgIpc) is 2.89. The molecule has 1 heterocycles. The van der Waals surface area contributed by atoms with Gasteiger partial charge in [-0.1, -0.05) is 25.1 Å². The minimum absolute atomic E-state index is 0.0785. The second kappa shape index (κ2) is 6.75. The molecule has 0 aliphatic rings. The van der Waals surface area contributed by atoms with E-state index in [1.54, 1.807) is 11.8 Å². The lowest BCUT2D eigenvalue weighted by Gasteiger charge is -2.19. The van der Waals surface area contributed by atoms with Crippen LogP contribution in [0, 0.1) is 0 Å². The minimum atomic E-state index is -0.0785. The molecule has 4 nitrogen and oxygen atoms in total. The first-order valence-electron chi connectivity index (χ1n) is 6.41. The van der Waals surface area contributed by atoms with Crippen LogP contribution in [0.1, 0.15) is 30.8 Å². The molecule has 0 fully saturated rings. The van der Waals surface area contributed by atoms with Gasteiger partial charge in [-0.15, -0.1) is 11.8 Å². The van der Waals surface area contributed by atoms with Gasteiger partial charge in [0.1, 0.15) is 11.9 Å². The molecule has 2 rings (SSSR count). The maximum atomic E-state index is 5.77. The third-order valence-corrected chi connectivity index (χ3v) is 3.90. The van der Waals surface area contributed by atoms with Crippen molar-refractivity contribution in [2.75, 3.05) is 6.26 Å². The Labute approximate surface area is 118 Å². The molecule has 0 aliphatic heterocycles. The van der Waals surface area contributed by atoms with Crippen molar-refractivity contribution in [1.82, 2.24) is 15.0 Å². The van der Waals surface area contributed by atoms with Crippen molar-refractivity contribution in [1.29, 1.82) is 0 Å². The second-order valence-electron chi connectivity index (χ2n) is 4.32.